The van der Waals surface area contributed by atoms with Crippen molar-refractivity contribution in [1.29, 1.82) is 0 Å². The van der Waals surface area contributed by atoms with E-state index in [0.717, 1.165) is 42.8 Å². The Morgan fingerprint density at radius 3 is 2.37 bits per heavy atom. The number of carbonyl (C=O) groups is 2. The molecule has 160 valence electrons. The Morgan fingerprint density at radius 1 is 1.03 bits per heavy atom. The second-order valence-corrected chi connectivity index (χ2v) is 8.81. The van der Waals surface area contributed by atoms with E-state index in [4.69, 9.17) is 4.74 Å². The predicted molar refractivity (Wildman–Crippen MR) is 117 cm³/mol. The van der Waals surface area contributed by atoms with Gasteiger partial charge in [0.1, 0.15) is 6.61 Å². The van der Waals surface area contributed by atoms with Crippen LogP contribution in [0.25, 0.3) is 0 Å². The van der Waals surface area contributed by atoms with Crippen molar-refractivity contribution >= 4 is 11.8 Å². The molecule has 0 bridgehead atoms. The normalized spacial score (nSPS) is 18.2. The Balaban J connectivity index is 1.26. The van der Waals surface area contributed by atoms with Crippen molar-refractivity contribution in [2.75, 3.05) is 19.6 Å². The number of aromatic nitrogens is 1. The van der Waals surface area contributed by atoms with Crippen LogP contribution in [0.15, 0.2) is 36.4 Å². The van der Waals surface area contributed by atoms with Crippen molar-refractivity contribution in [1.82, 2.24) is 9.47 Å². The largest absolute Gasteiger partial charge is 0.461 e. The van der Waals surface area contributed by atoms with Gasteiger partial charge in [-0.1, -0.05) is 30.3 Å². The highest BCUT2D eigenvalue weighted by Gasteiger charge is 2.29. The molecule has 0 N–H and O–H groups in total. The molecule has 1 aromatic carbocycles. The number of likely N-dealkylation sites (tertiary alicyclic amines) is 1. The first-order valence-corrected chi connectivity index (χ1v) is 11.2. The van der Waals surface area contributed by atoms with Gasteiger partial charge in [-0.3, -0.25) is 14.5 Å². The van der Waals surface area contributed by atoms with Gasteiger partial charge in [0.15, 0.2) is 5.78 Å². The molecule has 1 aliphatic carbocycles. The Labute approximate surface area is 179 Å². The molecule has 0 spiro atoms. The van der Waals surface area contributed by atoms with Crippen molar-refractivity contribution in [2.24, 2.45) is 5.92 Å². The van der Waals surface area contributed by atoms with Crippen molar-refractivity contribution in [2.45, 2.75) is 58.6 Å². The van der Waals surface area contributed by atoms with E-state index in [1.807, 2.05) is 30.3 Å². The average molecular weight is 409 g/mol. The molecule has 2 fully saturated rings. The maximum atomic E-state index is 13.0. The SMILES string of the molecule is Cc1cc(C(=O)CN2CCC(C(=O)OCc3ccccc3)CC2)c(C)n1C1CCC1. The van der Waals surface area contributed by atoms with Crippen LogP contribution in [-0.4, -0.2) is 40.9 Å². The summed E-state index contributed by atoms with van der Waals surface area (Å²) in [6, 6.07) is 12.4. The Kier molecular flexibility index (Phi) is 6.38. The topological polar surface area (TPSA) is 51.5 Å². The Morgan fingerprint density at radius 2 is 1.73 bits per heavy atom. The van der Waals surface area contributed by atoms with Gasteiger partial charge in [-0.15, -0.1) is 0 Å². The third-order valence-electron chi connectivity index (χ3n) is 6.74. The van der Waals surface area contributed by atoms with Gasteiger partial charge in [-0.05, 0) is 70.7 Å². The summed E-state index contributed by atoms with van der Waals surface area (Å²) in [6.45, 7) is 6.47. The zero-order valence-electron chi connectivity index (χ0n) is 18.1. The molecule has 0 amide bonds. The summed E-state index contributed by atoms with van der Waals surface area (Å²) in [4.78, 5) is 27.5. The Hall–Kier alpha value is -2.40. The fourth-order valence-electron chi connectivity index (χ4n) is 4.73. The number of aryl methyl sites for hydroxylation is 1. The lowest BCUT2D eigenvalue weighted by Crippen LogP contribution is -2.39. The van der Waals surface area contributed by atoms with E-state index in [0.29, 0.717) is 19.2 Å². The van der Waals surface area contributed by atoms with Gasteiger partial charge in [-0.25, -0.2) is 0 Å². The minimum absolute atomic E-state index is 0.0660. The van der Waals surface area contributed by atoms with E-state index in [9.17, 15) is 9.59 Å². The highest BCUT2D eigenvalue weighted by molar-refractivity contribution is 5.99. The maximum absolute atomic E-state index is 13.0. The zero-order chi connectivity index (χ0) is 21.1. The summed E-state index contributed by atoms with van der Waals surface area (Å²) < 4.78 is 7.85. The van der Waals surface area contributed by atoms with Crippen LogP contribution in [0.5, 0.6) is 0 Å². The molecule has 4 rings (SSSR count). The summed E-state index contributed by atoms with van der Waals surface area (Å²) in [5.74, 6) is 0.0106. The number of hydrogen-bond donors (Lipinski definition) is 0. The molecule has 1 aliphatic heterocycles. The summed E-state index contributed by atoms with van der Waals surface area (Å²) >= 11 is 0. The molecule has 0 unspecified atom stereocenters. The second kappa shape index (κ2) is 9.17. The van der Waals surface area contributed by atoms with Gasteiger partial charge in [-0.2, -0.15) is 0 Å². The summed E-state index contributed by atoms with van der Waals surface area (Å²) in [5, 5.41) is 0. The van der Waals surface area contributed by atoms with E-state index in [2.05, 4.69) is 29.4 Å². The molecular formula is C25H32N2O3. The number of ketones is 1. The first-order chi connectivity index (χ1) is 14.5. The van der Waals surface area contributed by atoms with Gasteiger partial charge in [0.2, 0.25) is 0 Å². The third kappa shape index (κ3) is 4.51. The first kappa shape index (κ1) is 20.9. The summed E-state index contributed by atoms with van der Waals surface area (Å²) in [7, 11) is 0. The minimum Gasteiger partial charge on any atom is -0.461 e. The van der Waals surface area contributed by atoms with E-state index in [-0.39, 0.29) is 17.7 Å². The van der Waals surface area contributed by atoms with Gasteiger partial charge < -0.3 is 9.30 Å². The van der Waals surface area contributed by atoms with Crippen LogP contribution >= 0.6 is 0 Å². The molecule has 1 aromatic heterocycles. The first-order valence-electron chi connectivity index (χ1n) is 11.2. The molecule has 2 heterocycles. The fraction of sp³-hybridized carbons (Fsp3) is 0.520. The van der Waals surface area contributed by atoms with Crippen LogP contribution < -0.4 is 0 Å². The smallest absolute Gasteiger partial charge is 0.309 e. The molecule has 0 atom stereocenters. The van der Waals surface area contributed by atoms with Gasteiger partial charge in [0.05, 0.1) is 12.5 Å². The molecule has 1 saturated carbocycles. The van der Waals surface area contributed by atoms with Crippen molar-refractivity contribution in [3.8, 4) is 0 Å². The molecule has 0 radical (unpaired) electrons. The Bertz CT molecular complexity index is 891. The van der Waals surface area contributed by atoms with Crippen LogP contribution in [-0.2, 0) is 16.1 Å². The third-order valence-corrected chi connectivity index (χ3v) is 6.74. The maximum Gasteiger partial charge on any atom is 0.309 e. The number of rotatable bonds is 7. The van der Waals surface area contributed by atoms with Gasteiger partial charge in [0, 0.05) is 23.0 Å². The molecule has 2 aliphatic rings. The number of benzene rings is 1. The van der Waals surface area contributed by atoms with Gasteiger partial charge >= 0.3 is 5.97 Å². The number of piperidine rings is 1. The lowest BCUT2D eigenvalue weighted by Gasteiger charge is -2.31. The predicted octanol–water partition coefficient (Wildman–Crippen LogP) is 4.47. The summed E-state index contributed by atoms with van der Waals surface area (Å²) in [6.07, 6.45) is 5.23. The van der Waals surface area contributed by atoms with E-state index >= 15 is 0 Å². The summed E-state index contributed by atoms with van der Waals surface area (Å²) in [5.41, 5.74) is 4.18. The highest BCUT2D eigenvalue weighted by atomic mass is 16.5. The fourth-order valence-corrected chi connectivity index (χ4v) is 4.73. The number of carbonyl (C=O) groups excluding carboxylic acids is 2. The molecule has 2 aromatic rings. The van der Waals surface area contributed by atoms with E-state index in [1.54, 1.807) is 0 Å². The molecule has 30 heavy (non-hydrogen) atoms. The van der Waals surface area contributed by atoms with Crippen LogP contribution in [0, 0.1) is 19.8 Å². The quantitative estimate of drug-likeness (QED) is 0.501. The molecular weight excluding hydrogens is 376 g/mol. The zero-order valence-corrected chi connectivity index (χ0v) is 18.1. The number of hydrogen-bond acceptors (Lipinski definition) is 4. The number of Topliss-reactive ketones (excluding diaryl/α,β-unsaturated/α-hetero) is 1. The van der Waals surface area contributed by atoms with Gasteiger partial charge in [0.25, 0.3) is 0 Å². The molecule has 5 nitrogen and oxygen atoms in total. The van der Waals surface area contributed by atoms with Crippen molar-refractivity contribution in [3.05, 3.63) is 58.9 Å². The second-order valence-electron chi connectivity index (χ2n) is 8.81. The number of nitrogens with zero attached hydrogens (tertiary/aromatic N) is 2. The van der Waals surface area contributed by atoms with E-state index < -0.39 is 0 Å². The number of esters is 1. The van der Waals surface area contributed by atoms with Crippen LogP contribution in [0.3, 0.4) is 0 Å². The van der Waals surface area contributed by atoms with Crippen molar-refractivity contribution in [3.63, 3.8) is 0 Å². The monoisotopic (exact) mass is 408 g/mol. The van der Waals surface area contributed by atoms with Crippen molar-refractivity contribution < 1.29 is 14.3 Å². The van der Waals surface area contributed by atoms with Crippen LogP contribution in [0.2, 0.25) is 0 Å². The molecule has 1 saturated heterocycles. The standard InChI is InChI=1S/C25H32N2O3/c1-18-15-23(19(2)27(18)22-9-6-10-22)24(28)16-26-13-11-21(12-14-26)25(29)30-17-20-7-4-3-5-8-20/h3-5,7-8,15,21-22H,6,9-14,16-17H2,1-2H3. The lowest BCUT2D eigenvalue weighted by molar-refractivity contribution is -0.151. The van der Waals surface area contributed by atoms with E-state index in [1.165, 1.54) is 25.0 Å². The minimum atomic E-state index is -0.117. The number of ether oxygens (including phenoxy) is 1. The lowest BCUT2D eigenvalue weighted by atomic mass is 9.92. The molecule has 5 heteroatoms. The van der Waals surface area contributed by atoms with Crippen LogP contribution in [0.4, 0.5) is 0 Å². The highest BCUT2D eigenvalue weighted by Crippen LogP contribution is 2.35. The van der Waals surface area contributed by atoms with Crippen LogP contribution in [0.1, 0.15) is 65.5 Å². The average Bonchev–Trinajstić information content (AvgIpc) is 3.01.